The largest absolute Gasteiger partial charge is 0.481 e. The van der Waals surface area contributed by atoms with E-state index in [1.54, 1.807) is 12.1 Å². The first-order chi connectivity index (χ1) is 7.58. The molecular formula is C12H15NO3. The van der Waals surface area contributed by atoms with Gasteiger partial charge in [-0.15, -0.1) is 0 Å². The third-order valence-corrected chi connectivity index (χ3v) is 1.86. The van der Waals surface area contributed by atoms with Gasteiger partial charge in [0.05, 0.1) is 12.1 Å². The van der Waals surface area contributed by atoms with Gasteiger partial charge >= 0.3 is 5.97 Å². The molecule has 1 aromatic rings. The van der Waals surface area contributed by atoms with Crippen molar-refractivity contribution in [3.63, 3.8) is 0 Å². The Labute approximate surface area is 94.5 Å². The molecule has 0 atom stereocenters. The predicted octanol–water partition coefficient (Wildman–Crippen LogP) is 2.23. The maximum absolute atomic E-state index is 10.5. The highest BCUT2D eigenvalue weighted by atomic mass is 16.6. The van der Waals surface area contributed by atoms with Gasteiger partial charge in [-0.1, -0.05) is 29.4 Å². The van der Waals surface area contributed by atoms with Crippen LogP contribution in [0.3, 0.4) is 0 Å². The smallest absolute Gasteiger partial charge is 0.307 e. The van der Waals surface area contributed by atoms with Gasteiger partial charge in [0.15, 0.2) is 0 Å². The second-order valence-electron chi connectivity index (χ2n) is 3.70. The predicted molar refractivity (Wildman–Crippen MR) is 61.4 cm³/mol. The monoisotopic (exact) mass is 221 g/mol. The van der Waals surface area contributed by atoms with E-state index < -0.39 is 5.97 Å². The molecule has 1 rings (SSSR count). The van der Waals surface area contributed by atoms with Crippen molar-refractivity contribution in [2.45, 2.75) is 26.9 Å². The summed E-state index contributed by atoms with van der Waals surface area (Å²) in [6.07, 6.45) is 0.0490. The van der Waals surface area contributed by atoms with Crippen molar-refractivity contribution in [1.29, 1.82) is 0 Å². The molecule has 1 N–H and O–H groups in total. The second-order valence-corrected chi connectivity index (χ2v) is 3.70. The molecular weight excluding hydrogens is 206 g/mol. The molecule has 0 aliphatic heterocycles. The van der Waals surface area contributed by atoms with Crippen LogP contribution in [0.2, 0.25) is 0 Å². The van der Waals surface area contributed by atoms with Gasteiger partial charge in [0, 0.05) is 0 Å². The van der Waals surface area contributed by atoms with E-state index in [4.69, 9.17) is 9.94 Å². The second kappa shape index (κ2) is 5.90. The minimum atomic E-state index is -0.824. The molecule has 0 saturated heterocycles. The molecule has 16 heavy (non-hydrogen) atoms. The SMILES string of the molecule is CC(C)=NOCc1ccc(CC(=O)O)cc1. The fourth-order valence-electron chi connectivity index (χ4n) is 1.16. The van der Waals surface area contributed by atoms with Crippen molar-refractivity contribution in [2.75, 3.05) is 0 Å². The minimum absolute atomic E-state index is 0.0490. The lowest BCUT2D eigenvalue weighted by Crippen LogP contribution is -2.00. The molecule has 0 fully saturated rings. The average Bonchev–Trinajstić information content (AvgIpc) is 2.19. The van der Waals surface area contributed by atoms with Crippen molar-refractivity contribution in [2.24, 2.45) is 5.16 Å². The molecule has 0 unspecified atom stereocenters. The van der Waals surface area contributed by atoms with E-state index in [0.717, 1.165) is 16.8 Å². The summed E-state index contributed by atoms with van der Waals surface area (Å²) < 4.78 is 0. The maximum Gasteiger partial charge on any atom is 0.307 e. The molecule has 0 saturated carbocycles. The van der Waals surface area contributed by atoms with Crippen LogP contribution in [-0.2, 0) is 22.7 Å². The molecule has 4 nitrogen and oxygen atoms in total. The average molecular weight is 221 g/mol. The van der Waals surface area contributed by atoms with Crippen molar-refractivity contribution < 1.29 is 14.7 Å². The van der Waals surface area contributed by atoms with Crippen molar-refractivity contribution in [3.05, 3.63) is 35.4 Å². The van der Waals surface area contributed by atoms with Crippen LogP contribution in [0.4, 0.5) is 0 Å². The van der Waals surface area contributed by atoms with E-state index in [0.29, 0.717) is 6.61 Å². The van der Waals surface area contributed by atoms with Crippen LogP contribution < -0.4 is 0 Å². The van der Waals surface area contributed by atoms with E-state index in [9.17, 15) is 4.79 Å². The lowest BCUT2D eigenvalue weighted by Gasteiger charge is -2.02. The van der Waals surface area contributed by atoms with E-state index >= 15 is 0 Å². The number of rotatable bonds is 5. The Kier molecular flexibility index (Phi) is 4.51. The lowest BCUT2D eigenvalue weighted by atomic mass is 10.1. The fraction of sp³-hybridized carbons (Fsp3) is 0.333. The highest BCUT2D eigenvalue weighted by molar-refractivity contribution is 5.78. The lowest BCUT2D eigenvalue weighted by molar-refractivity contribution is -0.136. The molecule has 0 amide bonds. The van der Waals surface area contributed by atoms with Gasteiger partial charge in [-0.25, -0.2) is 0 Å². The normalized spacial score (nSPS) is 9.62. The first kappa shape index (κ1) is 12.2. The number of nitrogens with zero attached hydrogens (tertiary/aromatic N) is 1. The van der Waals surface area contributed by atoms with Crippen molar-refractivity contribution in [3.8, 4) is 0 Å². The Morgan fingerprint density at radius 2 is 1.81 bits per heavy atom. The third kappa shape index (κ3) is 4.59. The highest BCUT2D eigenvalue weighted by Crippen LogP contribution is 2.06. The Bertz CT molecular complexity index is 378. The van der Waals surface area contributed by atoms with Gasteiger partial charge in [0.2, 0.25) is 0 Å². The molecule has 0 heterocycles. The van der Waals surface area contributed by atoms with Gasteiger partial charge < -0.3 is 9.94 Å². The molecule has 4 heteroatoms. The van der Waals surface area contributed by atoms with Crippen LogP contribution >= 0.6 is 0 Å². The Morgan fingerprint density at radius 3 is 2.31 bits per heavy atom. The van der Waals surface area contributed by atoms with Crippen LogP contribution in [0.1, 0.15) is 25.0 Å². The summed E-state index contributed by atoms with van der Waals surface area (Å²) in [5.74, 6) is -0.824. The zero-order chi connectivity index (χ0) is 12.0. The van der Waals surface area contributed by atoms with E-state index in [2.05, 4.69) is 5.16 Å². The Hall–Kier alpha value is -1.84. The van der Waals surface area contributed by atoms with Crippen LogP contribution in [0.15, 0.2) is 29.4 Å². The summed E-state index contributed by atoms with van der Waals surface area (Å²) >= 11 is 0. The number of carboxylic acid groups (broad SMARTS) is 1. The molecule has 0 radical (unpaired) electrons. The van der Waals surface area contributed by atoms with Gasteiger partial charge in [0.1, 0.15) is 6.61 Å². The van der Waals surface area contributed by atoms with Gasteiger partial charge in [-0.05, 0) is 25.0 Å². The van der Waals surface area contributed by atoms with E-state index in [1.165, 1.54) is 0 Å². The number of oxime groups is 1. The van der Waals surface area contributed by atoms with Crippen molar-refractivity contribution in [1.82, 2.24) is 0 Å². The quantitative estimate of drug-likeness (QED) is 0.612. The van der Waals surface area contributed by atoms with Crippen LogP contribution in [0, 0.1) is 0 Å². The molecule has 0 spiro atoms. The summed E-state index contributed by atoms with van der Waals surface area (Å²) in [5.41, 5.74) is 2.62. The summed E-state index contributed by atoms with van der Waals surface area (Å²) in [6.45, 7) is 4.12. The number of carboxylic acids is 1. The first-order valence-electron chi connectivity index (χ1n) is 5.00. The molecule has 0 bridgehead atoms. The molecule has 0 aliphatic carbocycles. The summed E-state index contributed by atoms with van der Waals surface area (Å²) in [5, 5.41) is 12.4. The number of hydrogen-bond donors (Lipinski definition) is 1. The zero-order valence-electron chi connectivity index (χ0n) is 9.43. The van der Waals surface area contributed by atoms with E-state index in [-0.39, 0.29) is 6.42 Å². The number of carbonyl (C=O) groups is 1. The minimum Gasteiger partial charge on any atom is -0.481 e. The summed E-state index contributed by atoms with van der Waals surface area (Å²) in [7, 11) is 0. The van der Waals surface area contributed by atoms with Crippen LogP contribution in [-0.4, -0.2) is 16.8 Å². The van der Waals surface area contributed by atoms with Crippen molar-refractivity contribution >= 4 is 11.7 Å². The number of aliphatic carboxylic acids is 1. The molecule has 1 aromatic carbocycles. The summed E-state index contributed by atoms with van der Waals surface area (Å²) in [4.78, 5) is 15.5. The summed E-state index contributed by atoms with van der Waals surface area (Å²) in [6, 6.07) is 7.27. The Balaban J connectivity index is 2.51. The standard InChI is InChI=1S/C12H15NO3/c1-9(2)13-16-8-11-5-3-10(4-6-11)7-12(14)15/h3-6H,7-8H2,1-2H3,(H,14,15). The number of benzene rings is 1. The number of hydrogen-bond acceptors (Lipinski definition) is 3. The first-order valence-corrected chi connectivity index (χ1v) is 5.00. The third-order valence-electron chi connectivity index (χ3n) is 1.86. The molecule has 0 aromatic heterocycles. The zero-order valence-corrected chi connectivity index (χ0v) is 9.43. The topological polar surface area (TPSA) is 58.9 Å². The Morgan fingerprint density at radius 1 is 1.25 bits per heavy atom. The van der Waals surface area contributed by atoms with Gasteiger partial charge in [0.25, 0.3) is 0 Å². The van der Waals surface area contributed by atoms with Gasteiger partial charge in [-0.2, -0.15) is 0 Å². The fourth-order valence-corrected chi connectivity index (χ4v) is 1.16. The molecule has 0 aliphatic rings. The van der Waals surface area contributed by atoms with Crippen LogP contribution in [0.25, 0.3) is 0 Å². The van der Waals surface area contributed by atoms with Gasteiger partial charge in [-0.3, -0.25) is 4.79 Å². The van der Waals surface area contributed by atoms with E-state index in [1.807, 2.05) is 26.0 Å². The highest BCUT2D eigenvalue weighted by Gasteiger charge is 2.00. The maximum atomic E-state index is 10.5. The molecule has 86 valence electrons. The van der Waals surface area contributed by atoms with Crippen LogP contribution in [0.5, 0.6) is 0 Å².